The van der Waals surface area contributed by atoms with Crippen LogP contribution in [0.25, 0.3) is 67.4 Å². The summed E-state index contributed by atoms with van der Waals surface area (Å²) in [6.07, 6.45) is 3.14. The van der Waals surface area contributed by atoms with Gasteiger partial charge in [0.15, 0.2) is 5.78 Å². The second-order valence-corrected chi connectivity index (χ2v) is 24.9. The van der Waals surface area contributed by atoms with E-state index in [2.05, 4.69) is 199 Å². The van der Waals surface area contributed by atoms with Crippen LogP contribution in [-0.4, -0.2) is 42.3 Å². The van der Waals surface area contributed by atoms with Crippen LogP contribution in [0.4, 0.5) is 0 Å². The molecule has 5 heterocycles. The molecule has 1 N–H and O–H groups in total. The molecule has 0 atom stereocenters. The van der Waals surface area contributed by atoms with E-state index in [0.717, 1.165) is 79.1 Å². The molecular weight excluding hydrogens is 1780 g/mol. The van der Waals surface area contributed by atoms with E-state index in [1.54, 1.807) is 6.20 Å². The van der Waals surface area contributed by atoms with Crippen LogP contribution in [0.5, 0.6) is 0 Å². The zero-order valence-electron chi connectivity index (χ0n) is 61.5. The number of aryl methyl sites for hydroxylation is 11. The van der Waals surface area contributed by atoms with E-state index < -0.39 is 5.41 Å². The van der Waals surface area contributed by atoms with Crippen molar-refractivity contribution >= 4 is 12.3 Å². The first-order valence-electron chi connectivity index (χ1n) is 31.0. The van der Waals surface area contributed by atoms with Gasteiger partial charge in [-0.05, 0) is 126 Å². The number of nitrogens with zero attached hydrogens (tertiary/aromatic N) is 5. The Labute approximate surface area is 676 Å². The molecule has 5 aromatic heterocycles. The van der Waals surface area contributed by atoms with Gasteiger partial charge in [0.2, 0.25) is 0 Å². The third-order valence-electron chi connectivity index (χ3n) is 13.7. The summed E-state index contributed by atoms with van der Waals surface area (Å²) >= 11 is 0. The maximum atomic E-state index is 11.5. The number of hydrogen-bond donors (Lipinski definition) is 1. The third-order valence-corrected chi connectivity index (χ3v) is 13.7. The van der Waals surface area contributed by atoms with Crippen molar-refractivity contribution in [3.63, 3.8) is 0 Å². The first-order chi connectivity index (χ1) is 44.6. The Morgan fingerprint density at radius 3 is 1.36 bits per heavy atom. The van der Waals surface area contributed by atoms with Crippen molar-refractivity contribution in [1.29, 1.82) is 0 Å². The Hall–Kier alpha value is -6.34. The Kier molecular flexibility index (Phi) is 44.0. The number of rotatable bonds is 8. The van der Waals surface area contributed by atoms with E-state index in [0.29, 0.717) is 0 Å². The number of benzene rings is 6. The molecule has 0 fully saturated rings. The molecule has 0 unspecified atom stereocenters. The first-order valence-corrected chi connectivity index (χ1v) is 31.0. The minimum absolute atomic E-state index is 0. The number of allylic oxidation sites excluding steroid dienone is 2. The SMILES string of the molecule is CC(C)(C)C(=O)C=C(O)C(C)(C)C.Cc1[c-]c(-c2[c-]ccc(C)c2)nc(C)c1.Cc1cc(C)nc(-c2[c-]cccc2)c1.Cc1cc[c-]c(-c2cc(C)cc(C)n2)c1.Cc1cccc(-c2cc(C)cc(C)n2)c1.O=CO[O-].[H-].[Ir].[Ir].[Ir].[Na+].[Na+].[c-]1ccc(-c2ccccc2)cc1-c1ccccn1. The number of aromatic nitrogens is 5. The Bertz CT molecular complexity index is 3890. The number of carbonyl (C=O) groups excluding carboxylic acids is 2. The van der Waals surface area contributed by atoms with Gasteiger partial charge >= 0.3 is 59.1 Å². The number of ketones is 1. The maximum absolute atomic E-state index is 11.5. The minimum atomic E-state index is -0.417. The van der Waals surface area contributed by atoms with Crippen LogP contribution in [0.2, 0.25) is 0 Å². The van der Waals surface area contributed by atoms with E-state index >= 15 is 0 Å². The summed E-state index contributed by atoms with van der Waals surface area (Å²) in [5.41, 5.74) is 24.7. The van der Waals surface area contributed by atoms with Gasteiger partial charge in [0, 0.05) is 106 Å². The summed E-state index contributed by atoms with van der Waals surface area (Å²) in [7, 11) is 0. The molecule has 15 heteroatoms. The Balaban J connectivity index is 0. The van der Waals surface area contributed by atoms with Gasteiger partial charge in [-0.3, -0.25) is 14.6 Å². The molecule has 0 aliphatic heterocycles. The molecule has 11 aromatic rings. The second-order valence-electron chi connectivity index (χ2n) is 24.9. The number of aliphatic hydroxyl groups is 1. The molecule has 0 aliphatic rings. The van der Waals surface area contributed by atoms with Crippen molar-refractivity contribution < 1.29 is 146 Å². The van der Waals surface area contributed by atoms with Crippen LogP contribution >= 0.6 is 0 Å². The molecule has 0 saturated carbocycles. The van der Waals surface area contributed by atoms with Gasteiger partial charge in [-0.2, -0.15) is 17.7 Å². The van der Waals surface area contributed by atoms with Crippen molar-refractivity contribution in [3.8, 4) is 67.4 Å². The maximum Gasteiger partial charge on any atom is 1.00 e. The molecule has 0 aliphatic carbocycles. The van der Waals surface area contributed by atoms with E-state index in [1.807, 2.05) is 173 Å². The fourth-order valence-corrected chi connectivity index (χ4v) is 9.15. The van der Waals surface area contributed by atoms with Crippen LogP contribution < -0.4 is 64.4 Å². The van der Waals surface area contributed by atoms with Crippen LogP contribution in [0.3, 0.4) is 0 Å². The number of aliphatic hydroxyl groups excluding tert-OH is 1. The molecule has 99 heavy (non-hydrogen) atoms. The van der Waals surface area contributed by atoms with Gasteiger partial charge in [-0.25, -0.2) is 17.7 Å². The predicted molar refractivity (Wildman–Crippen MR) is 383 cm³/mol. The number of pyridine rings is 5. The molecular formula is C84H88Ir3N5Na2O5-5. The number of hydrogen-bond acceptors (Lipinski definition) is 10. The average molecular weight is 1870 g/mol. The topological polar surface area (TPSA) is 151 Å². The Morgan fingerprint density at radius 2 is 0.889 bits per heavy atom. The second kappa shape index (κ2) is 47.0. The molecule has 513 valence electrons. The van der Waals surface area contributed by atoms with Crippen LogP contribution in [0, 0.1) is 117 Å². The molecule has 0 amide bonds. The molecule has 0 bridgehead atoms. The van der Waals surface area contributed by atoms with E-state index in [4.69, 9.17) is 10.1 Å². The van der Waals surface area contributed by atoms with Crippen molar-refractivity contribution in [1.82, 2.24) is 24.9 Å². The van der Waals surface area contributed by atoms with Crippen LogP contribution in [0.15, 0.2) is 212 Å². The van der Waals surface area contributed by atoms with Crippen molar-refractivity contribution in [2.24, 2.45) is 10.8 Å². The molecule has 11 rings (SSSR count). The van der Waals surface area contributed by atoms with Gasteiger partial charge in [-0.1, -0.05) is 152 Å². The van der Waals surface area contributed by atoms with Crippen LogP contribution in [0.1, 0.15) is 105 Å². The van der Waals surface area contributed by atoms with Gasteiger partial charge in [0.25, 0.3) is 6.47 Å². The number of carbonyl (C=O) groups is 2. The summed E-state index contributed by atoms with van der Waals surface area (Å²) in [5, 5.41) is 18.0. The van der Waals surface area contributed by atoms with Gasteiger partial charge in [0.1, 0.15) is 5.76 Å². The van der Waals surface area contributed by atoms with Crippen molar-refractivity contribution in [2.45, 2.75) is 118 Å². The summed E-state index contributed by atoms with van der Waals surface area (Å²) in [6, 6.07) is 81.6. The predicted octanol–water partition coefficient (Wildman–Crippen LogP) is 13.4. The third kappa shape index (κ3) is 34.3. The van der Waals surface area contributed by atoms with Gasteiger partial charge in [0.05, 0.1) is 5.69 Å². The largest absolute Gasteiger partial charge is 1.00 e. The fraction of sp³-hybridized carbons (Fsp3) is 0.226. The molecule has 10 nitrogen and oxygen atoms in total. The van der Waals surface area contributed by atoms with E-state index in [-0.39, 0.29) is 144 Å². The van der Waals surface area contributed by atoms with E-state index in [9.17, 15) is 9.90 Å². The fourth-order valence-electron chi connectivity index (χ4n) is 9.15. The summed E-state index contributed by atoms with van der Waals surface area (Å²) < 4.78 is 0. The van der Waals surface area contributed by atoms with Gasteiger partial charge < -0.3 is 36.6 Å². The smallest absolute Gasteiger partial charge is 1.00 e. The van der Waals surface area contributed by atoms with Crippen molar-refractivity contribution in [3.05, 3.63) is 304 Å². The van der Waals surface area contributed by atoms with Gasteiger partial charge in [-0.15, -0.1) is 130 Å². The standard InChI is InChI=1S/C17H12N.C14H15N.C14H14N.C14H13N.C13H12N.C11H20O2.CH2O3.3Ir.2Na.H/c1-2-7-14(8-3-1)15-9-6-10-16(13-15)17-11-4-5-12-18-17;3*1-10-5-4-6-13(8-10)14-9-11(2)7-12(3)15-14;1-10-8-11(2)14-13(9-10)12-6-4-3-5-7-12;1-10(2,3)8(12)7-9(13)11(4,5)6;2-1-4-3;;;;;;/h1-9,11-13H;4-9H,1-3H3;4-5,7-9H,1-3H3;4-5,7-8H,1-3H3;3-6,8-9H,1-2H3;7,12H,1-6H3;1,3H;;;;;;/q-1;;-1;-2;-1;;;;;;2*+1;-1/p-1. The molecule has 0 spiro atoms. The zero-order chi connectivity index (χ0) is 69.0. The first kappa shape index (κ1) is 92.7. The minimum Gasteiger partial charge on any atom is -1.00 e. The van der Waals surface area contributed by atoms with E-state index in [1.165, 1.54) is 56.1 Å². The Morgan fingerprint density at radius 1 is 0.434 bits per heavy atom. The summed E-state index contributed by atoms with van der Waals surface area (Å²) in [6.45, 7) is 33.6. The summed E-state index contributed by atoms with van der Waals surface area (Å²) in [5.74, 6) is 0.104. The normalized spacial score (nSPS) is 10.1. The molecule has 0 saturated heterocycles. The molecule has 6 aromatic carbocycles. The zero-order valence-corrected chi connectivity index (χ0v) is 71.7. The quantitative estimate of drug-likeness (QED) is 0.0296. The summed E-state index contributed by atoms with van der Waals surface area (Å²) in [4.78, 5) is 45.1. The molecule has 3 radical (unpaired) electrons. The average Bonchev–Trinajstić information content (AvgIpc) is 0.876. The van der Waals surface area contributed by atoms with Crippen LogP contribution in [-0.2, 0) is 74.8 Å². The monoisotopic (exact) mass is 1870 g/mol. The van der Waals surface area contributed by atoms with Crippen molar-refractivity contribution in [2.75, 3.05) is 0 Å².